The highest BCUT2D eigenvalue weighted by Crippen LogP contribution is 2.13. The van der Waals surface area contributed by atoms with E-state index in [4.69, 9.17) is 0 Å². The smallest absolute Gasteiger partial charge is 0.105 e. The fraction of sp³-hybridized carbons (Fsp3) is 0.923. The lowest BCUT2D eigenvalue weighted by Gasteiger charge is -2.27. The largest absolute Gasteiger partial charge is 0.303 e. The van der Waals surface area contributed by atoms with Crippen molar-refractivity contribution in [2.24, 2.45) is 0 Å². The first-order valence-corrected chi connectivity index (χ1v) is 6.59. The van der Waals surface area contributed by atoms with Crippen molar-refractivity contribution in [2.45, 2.75) is 51.5 Å². The minimum absolute atomic E-state index is 0.346. The highest BCUT2D eigenvalue weighted by atomic mass is 15.1. The van der Waals surface area contributed by atoms with Gasteiger partial charge in [-0.3, -0.25) is 5.32 Å². The Morgan fingerprint density at radius 3 is 2.38 bits per heavy atom. The third kappa shape index (κ3) is 4.51. The van der Waals surface area contributed by atoms with Crippen LogP contribution in [-0.2, 0) is 0 Å². The van der Waals surface area contributed by atoms with Crippen LogP contribution in [0.4, 0.5) is 0 Å². The van der Waals surface area contributed by atoms with Crippen molar-refractivity contribution in [3.05, 3.63) is 0 Å². The van der Waals surface area contributed by atoms with Crippen molar-refractivity contribution in [2.75, 3.05) is 26.2 Å². The number of likely N-dealkylation sites (tertiary alicyclic amines) is 1. The van der Waals surface area contributed by atoms with Gasteiger partial charge in [-0.05, 0) is 45.8 Å². The van der Waals surface area contributed by atoms with E-state index in [1.54, 1.807) is 0 Å². The van der Waals surface area contributed by atoms with Gasteiger partial charge in [-0.25, -0.2) is 0 Å². The predicted octanol–water partition coefficient (Wildman–Crippen LogP) is 2.14. The third-order valence-corrected chi connectivity index (χ3v) is 3.44. The highest BCUT2D eigenvalue weighted by Gasteiger charge is 2.23. The second-order valence-electron chi connectivity index (χ2n) is 4.98. The van der Waals surface area contributed by atoms with E-state index in [1.807, 2.05) is 6.92 Å². The summed E-state index contributed by atoms with van der Waals surface area (Å²) >= 11 is 0. The quantitative estimate of drug-likeness (QED) is 0.776. The number of nitrogens with zero attached hydrogens (tertiary/aromatic N) is 2. The molecule has 1 unspecified atom stereocenters. The van der Waals surface area contributed by atoms with E-state index in [1.165, 1.54) is 38.8 Å². The van der Waals surface area contributed by atoms with Crippen LogP contribution < -0.4 is 5.32 Å². The molecule has 0 saturated carbocycles. The van der Waals surface area contributed by atoms with Gasteiger partial charge in [-0.15, -0.1) is 0 Å². The molecule has 1 fully saturated rings. The molecule has 1 aliphatic rings. The molecule has 0 aromatic carbocycles. The molecule has 1 aliphatic heterocycles. The molecule has 0 radical (unpaired) electrons. The van der Waals surface area contributed by atoms with E-state index >= 15 is 0 Å². The Morgan fingerprint density at radius 2 is 1.88 bits per heavy atom. The first-order valence-electron chi connectivity index (χ1n) is 6.59. The summed E-state index contributed by atoms with van der Waals surface area (Å²) in [5, 5.41) is 12.4. The van der Waals surface area contributed by atoms with Crippen LogP contribution in [0.5, 0.6) is 0 Å². The molecule has 0 spiro atoms. The summed E-state index contributed by atoms with van der Waals surface area (Å²) in [7, 11) is 0. The summed E-state index contributed by atoms with van der Waals surface area (Å²) in [5.74, 6) is 0. The molecule has 0 bridgehead atoms. The first-order chi connectivity index (χ1) is 7.70. The topological polar surface area (TPSA) is 39.1 Å². The van der Waals surface area contributed by atoms with Crippen molar-refractivity contribution in [1.29, 1.82) is 5.26 Å². The molecule has 3 nitrogen and oxygen atoms in total. The van der Waals surface area contributed by atoms with E-state index in [0.717, 1.165) is 19.5 Å². The zero-order valence-corrected chi connectivity index (χ0v) is 10.8. The van der Waals surface area contributed by atoms with Gasteiger partial charge in [0.2, 0.25) is 0 Å². The van der Waals surface area contributed by atoms with Crippen LogP contribution in [0.2, 0.25) is 0 Å². The number of hydrogen-bond acceptors (Lipinski definition) is 3. The Labute approximate surface area is 99.8 Å². The molecule has 1 atom stereocenters. The number of nitrogens with one attached hydrogen (secondary N) is 1. The second kappa shape index (κ2) is 6.88. The summed E-state index contributed by atoms with van der Waals surface area (Å²) in [6, 6.07) is 2.40. The highest BCUT2D eigenvalue weighted by molar-refractivity contribution is 5.03. The van der Waals surface area contributed by atoms with Crippen LogP contribution in [0.3, 0.4) is 0 Å². The molecule has 1 rings (SSSR count). The average molecular weight is 223 g/mol. The normalized spacial score (nSPS) is 22.1. The standard InChI is InChI=1S/C13H25N3/c1-3-15-13(2,12-14)8-11-16-9-6-4-5-7-10-16/h15H,3-11H2,1-2H3. The molecule has 92 valence electrons. The van der Waals surface area contributed by atoms with Gasteiger partial charge in [-0.2, -0.15) is 5.26 Å². The summed E-state index contributed by atoms with van der Waals surface area (Å²) < 4.78 is 0. The molecule has 1 N–H and O–H groups in total. The molecule has 0 aromatic heterocycles. The first kappa shape index (κ1) is 13.5. The van der Waals surface area contributed by atoms with Crippen LogP contribution in [0.15, 0.2) is 0 Å². The van der Waals surface area contributed by atoms with Gasteiger partial charge in [0, 0.05) is 6.54 Å². The summed E-state index contributed by atoms with van der Waals surface area (Å²) in [4.78, 5) is 2.51. The fourth-order valence-electron chi connectivity index (χ4n) is 2.32. The predicted molar refractivity (Wildman–Crippen MR) is 67.2 cm³/mol. The van der Waals surface area contributed by atoms with Gasteiger partial charge in [0.15, 0.2) is 0 Å². The second-order valence-corrected chi connectivity index (χ2v) is 4.98. The van der Waals surface area contributed by atoms with Crippen molar-refractivity contribution >= 4 is 0 Å². The van der Waals surface area contributed by atoms with E-state index in [0.29, 0.717) is 0 Å². The Balaban J connectivity index is 2.33. The minimum atomic E-state index is -0.346. The third-order valence-electron chi connectivity index (χ3n) is 3.44. The van der Waals surface area contributed by atoms with E-state index in [-0.39, 0.29) is 5.54 Å². The molecule has 16 heavy (non-hydrogen) atoms. The Kier molecular flexibility index (Phi) is 5.79. The van der Waals surface area contributed by atoms with Crippen LogP contribution in [0.1, 0.15) is 46.0 Å². The van der Waals surface area contributed by atoms with Crippen LogP contribution in [-0.4, -0.2) is 36.6 Å². The van der Waals surface area contributed by atoms with Gasteiger partial charge in [-0.1, -0.05) is 19.8 Å². The van der Waals surface area contributed by atoms with Gasteiger partial charge < -0.3 is 4.90 Å². The van der Waals surface area contributed by atoms with Crippen LogP contribution in [0, 0.1) is 11.3 Å². The molecular weight excluding hydrogens is 198 g/mol. The van der Waals surface area contributed by atoms with Crippen molar-refractivity contribution in [3.63, 3.8) is 0 Å². The Morgan fingerprint density at radius 1 is 1.25 bits per heavy atom. The molecule has 0 aliphatic carbocycles. The maximum Gasteiger partial charge on any atom is 0.105 e. The van der Waals surface area contributed by atoms with Crippen molar-refractivity contribution < 1.29 is 0 Å². The number of nitriles is 1. The van der Waals surface area contributed by atoms with Gasteiger partial charge >= 0.3 is 0 Å². The fourth-order valence-corrected chi connectivity index (χ4v) is 2.32. The lowest BCUT2D eigenvalue weighted by Crippen LogP contribution is -2.43. The Bertz CT molecular complexity index is 226. The summed E-state index contributed by atoms with van der Waals surface area (Å²) in [5.41, 5.74) is -0.346. The van der Waals surface area contributed by atoms with Crippen LogP contribution in [0.25, 0.3) is 0 Å². The molecular formula is C13H25N3. The van der Waals surface area contributed by atoms with Crippen molar-refractivity contribution in [3.8, 4) is 6.07 Å². The van der Waals surface area contributed by atoms with Gasteiger partial charge in [0.05, 0.1) is 6.07 Å². The average Bonchev–Trinajstić information content (AvgIpc) is 2.55. The van der Waals surface area contributed by atoms with Crippen LogP contribution >= 0.6 is 0 Å². The van der Waals surface area contributed by atoms with Gasteiger partial charge in [0.1, 0.15) is 5.54 Å². The molecule has 0 amide bonds. The lowest BCUT2D eigenvalue weighted by atomic mass is 9.99. The number of hydrogen-bond donors (Lipinski definition) is 1. The lowest BCUT2D eigenvalue weighted by molar-refractivity contribution is 0.254. The minimum Gasteiger partial charge on any atom is -0.303 e. The zero-order valence-electron chi connectivity index (χ0n) is 10.8. The summed E-state index contributed by atoms with van der Waals surface area (Å²) in [6.07, 6.45) is 6.32. The molecule has 0 aromatic rings. The monoisotopic (exact) mass is 223 g/mol. The maximum atomic E-state index is 9.17. The number of rotatable bonds is 5. The SMILES string of the molecule is CCNC(C)(C#N)CCN1CCCCCC1. The van der Waals surface area contributed by atoms with Crippen molar-refractivity contribution in [1.82, 2.24) is 10.2 Å². The molecule has 3 heteroatoms. The molecule has 1 heterocycles. The van der Waals surface area contributed by atoms with E-state index in [9.17, 15) is 5.26 Å². The molecule has 1 saturated heterocycles. The van der Waals surface area contributed by atoms with Gasteiger partial charge in [0.25, 0.3) is 0 Å². The zero-order chi connectivity index (χ0) is 11.9. The Hall–Kier alpha value is -0.590. The maximum absolute atomic E-state index is 9.17. The van der Waals surface area contributed by atoms with E-state index < -0.39 is 0 Å². The van der Waals surface area contributed by atoms with E-state index in [2.05, 4.69) is 23.2 Å². The summed E-state index contributed by atoms with van der Waals surface area (Å²) in [6.45, 7) is 8.41.